The highest BCUT2D eigenvalue weighted by Crippen LogP contribution is 2.34. The SMILES string of the molecule is Fc1cc(Br)cnc1NCC1Cc2ccccc21. The minimum absolute atomic E-state index is 0.322. The van der Waals surface area contributed by atoms with Crippen LogP contribution in [0.3, 0.4) is 0 Å². The largest absolute Gasteiger partial charge is 0.367 e. The van der Waals surface area contributed by atoms with Gasteiger partial charge >= 0.3 is 0 Å². The average Bonchev–Trinajstić information content (AvgIpc) is 2.33. The molecular formula is C14H12BrFN2. The van der Waals surface area contributed by atoms with Crippen LogP contribution in [0.1, 0.15) is 17.0 Å². The van der Waals surface area contributed by atoms with E-state index >= 15 is 0 Å². The van der Waals surface area contributed by atoms with Gasteiger partial charge in [0.15, 0.2) is 11.6 Å². The molecule has 0 radical (unpaired) electrons. The lowest BCUT2D eigenvalue weighted by Crippen LogP contribution is -2.24. The Morgan fingerprint density at radius 3 is 3.00 bits per heavy atom. The van der Waals surface area contributed by atoms with Crippen molar-refractivity contribution in [1.29, 1.82) is 0 Å². The highest BCUT2D eigenvalue weighted by Gasteiger charge is 2.25. The molecule has 2 nitrogen and oxygen atoms in total. The summed E-state index contributed by atoms with van der Waals surface area (Å²) in [5.74, 6) is 0.464. The molecule has 0 bridgehead atoms. The quantitative estimate of drug-likeness (QED) is 0.934. The summed E-state index contributed by atoms with van der Waals surface area (Å²) in [4.78, 5) is 4.03. The number of fused-ring (bicyclic) bond motifs is 1. The van der Waals surface area contributed by atoms with E-state index < -0.39 is 0 Å². The summed E-state index contributed by atoms with van der Waals surface area (Å²) in [7, 11) is 0. The van der Waals surface area contributed by atoms with Gasteiger partial charge in [0.05, 0.1) is 0 Å². The lowest BCUT2D eigenvalue weighted by Gasteiger charge is -2.30. The van der Waals surface area contributed by atoms with Crippen molar-refractivity contribution in [2.75, 3.05) is 11.9 Å². The Hall–Kier alpha value is -1.42. The molecule has 1 aromatic carbocycles. The van der Waals surface area contributed by atoms with Gasteiger partial charge < -0.3 is 5.32 Å². The van der Waals surface area contributed by atoms with Crippen LogP contribution in [0.4, 0.5) is 10.2 Å². The molecule has 4 heteroatoms. The Kier molecular flexibility index (Phi) is 3.04. The molecular weight excluding hydrogens is 295 g/mol. The van der Waals surface area contributed by atoms with Crippen molar-refractivity contribution in [2.24, 2.45) is 0 Å². The molecule has 0 aliphatic heterocycles. The highest BCUT2D eigenvalue weighted by atomic mass is 79.9. The molecule has 0 spiro atoms. The Bertz CT molecular complexity index is 586. The van der Waals surface area contributed by atoms with E-state index in [0.29, 0.717) is 16.2 Å². The van der Waals surface area contributed by atoms with Crippen molar-refractivity contribution in [2.45, 2.75) is 12.3 Å². The van der Waals surface area contributed by atoms with Gasteiger partial charge in [0, 0.05) is 23.1 Å². The van der Waals surface area contributed by atoms with Crippen LogP contribution >= 0.6 is 15.9 Å². The summed E-state index contributed by atoms with van der Waals surface area (Å²) < 4.78 is 14.2. The topological polar surface area (TPSA) is 24.9 Å². The summed E-state index contributed by atoms with van der Waals surface area (Å²) in [5.41, 5.74) is 2.76. The van der Waals surface area contributed by atoms with Gasteiger partial charge in [-0.2, -0.15) is 0 Å². The van der Waals surface area contributed by atoms with E-state index in [9.17, 15) is 4.39 Å². The number of hydrogen-bond acceptors (Lipinski definition) is 2. The molecule has 1 aliphatic rings. The number of halogens is 2. The maximum atomic E-state index is 13.6. The average molecular weight is 307 g/mol. The smallest absolute Gasteiger partial charge is 0.166 e. The van der Waals surface area contributed by atoms with Gasteiger partial charge in [-0.25, -0.2) is 9.37 Å². The van der Waals surface area contributed by atoms with Gasteiger partial charge in [0.25, 0.3) is 0 Å². The maximum Gasteiger partial charge on any atom is 0.166 e. The first-order valence-electron chi connectivity index (χ1n) is 5.87. The number of nitrogens with one attached hydrogen (secondary N) is 1. The lowest BCUT2D eigenvalue weighted by atomic mass is 9.77. The van der Waals surface area contributed by atoms with Gasteiger partial charge in [-0.15, -0.1) is 0 Å². The van der Waals surface area contributed by atoms with Crippen molar-refractivity contribution in [1.82, 2.24) is 4.98 Å². The summed E-state index contributed by atoms with van der Waals surface area (Å²) in [5, 5.41) is 3.08. The zero-order valence-corrected chi connectivity index (χ0v) is 11.2. The minimum Gasteiger partial charge on any atom is -0.367 e. The Labute approximate surface area is 113 Å². The molecule has 1 atom stereocenters. The van der Waals surface area contributed by atoms with Crippen molar-refractivity contribution in [3.63, 3.8) is 0 Å². The molecule has 1 aromatic heterocycles. The van der Waals surface area contributed by atoms with E-state index in [1.165, 1.54) is 17.2 Å². The van der Waals surface area contributed by atoms with Crippen LogP contribution in [-0.2, 0) is 6.42 Å². The first kappa shape index (κ1) is 11.7. The monoisotopic (exact) mass is 306 g/mol. The molecule has 3 rings (SSSR count). The number of benzene rings is 1. The second-order valence-corrected chi connectivity index (χ2v) is 5.38. The molecule has 0 fully saturated rings. The fourth-order valence-corrected chi connectivity index (χ4v) is 2.61. The molecule has 92 valence electrons. The standard InChI is InChI=1S/C14H12BrFN2/c15-11-6-13(16)14(18-8-11)17-7-10-5-9-3-1-2-4-12(9)10/h1-4,6,8,10H,5,7H2,(H,17,18). The van der Waals surface area contributed by atoms with Crippen LogP contribution in [0, 0.1) is 5.82 Å². The molecule has 0 amide bonds. The normalized spacial score (nSPS) is 16.9. The predicted molar refractivity (Wildman–Crippen MR) is 73.3 cm³/mol. The van der Waals surface area contributed by atoms with Crippen LogP contribution in [0.25, 0.3) is 0 Å². The molecule has 2 aromatic rings. The Morgan fingerprint density at radius 1 is 1.39 bits per heavy atom. The van der Waals surface area contributed by atoms with Gasteiger partial charge in [-0.05, 0) is 39.5 Å². The van der Waals surface area contributed by atoms with E-state index in [4.69, 9.17) is 0 Å². The molecule has 18 heavy (non-hydrogen) atoms. The van der Waals surface area contributed by atoms with Crippen molar-refractivity contribution >= 4 is 21.7 Å². The van der Waals surface area contributed by atoms with Crippen LogP contribution in [0.5, 0.6) is 0 Å². The predicted octanol–water partition coefficient (Wildman–Crippen LogP) is 3.74. The number of nitrogens with zero attached hydrogens (tertiary/aromatic N) is 1. The highest BCUT2D eigenvalue weighted by molar-refractivity contribution is 9.10. The van der Waals surface area contributed by atoms with Gasteiger partial charge in [0.1, 0.15) is 0 Å². The van der Waals surface area contributed by atoms with Crippen molar-refractivity contribution in [3.05, 3.63) is 57.9 Å². The molecule has 0 saturated carbocycles. The third-order valence-electron chi connectivity index (χ3n) is 3.28. The zero-order valence-electron chi connectivity index (χ0n) is 9.66. The Balaban J connectivity index is 1.66. The summed E-state index contributed by atoms with van der Waals surface area (Å²) in [6.07, 6.45) is 2.65. The number of rotatable bonds is 3. The van der Waals surface area contributed by atoms with Crippen LogP contribution in [0.2, 0.25) is 0 Å². The minimum atomic E-state index is -0.322. The van der Waals surface area contributed by atoms with Crippen LogP contribution < -0.4 is 5.32 Å². The first-order chi connectivity index (χ1) is 8.74. The fraction of sp³-hybridized carbons (Fsp3) is 0.214. The van der Waals surface area contributed by atoms with Crippen LogP contribution in [0.15, 0.2) is 41.0 Å². The lowest BCUT2D eigenvalue weighted by molar-refractivity contribution is 0.608. The second kappa shape index (κ2) is 4.69. The third-order valence-corrected chi connectivity index (χ3v) is 3.72. The third kappa shape index (κ3) is 2.12. The maximum absolute atomic E-state index is 13.6. The molecule has 1 aliphatic carbocycles. The number of anilines is 1. The van der Waals surface area contributed by atoms with Gasteiger partial charge in [-0.1, -0.05) is 24.3 Å². The number of aromatic nitrogens is 1. The van der Waals surface area contributed by atoms with Crippen molar-refractivity contribution < 1.29 is 4.39 Å². The summed E-state index contributed by atoms with van der Waals surface area (Å²) in [6.45, 7) is 0.725. The molecule has 0 saturated heterocycles. The van der Waals surface area contributed by atoms with Crippen LogP contribution in [-0.4, -0.2) is 11.5 Å². The summed E-state index contributed by atoms with van der Waals surface area (Å²) in [6, 6.07) is 9.80. The first-order valence-corrected chi connectivity index (χ1v) is 6.66. The Morgan fingerprint density at radius 2 is 2.22 bits per heavy atom. The van der Waals surface area contributed by atoms with Gasteiger partial charge in [-0.3, -0.25) is 0 Å². The summed E-state index contributed by atoms with van der Waals surface area (Å²) >= 11 is 3.19. The number of pyridine rings is 1. The second-order valence-electron chi connectivity index (χ2n) is 4.46. The van der Waals surface area contributed by atoms with Crippen molar-refractivity contribution in [3.8, 4) is 0 Å². The van der Waals surface area contributed by atoms with E-state index in [-0.39, 0.29) is 5.82 Å². The van der Waals surface area contributed by atoms with E-state index in [1.54, 1.807) is 6.20 Å². The zero-order chi connectivity index (χ0) is 12.5. The molecule has 1 N–H and O–H groups in total. The fourth-order valence-electron chi connectivity index (χ4n) is 2.31. The molecule has 1 unspecified atom stereocenters. The number of hydrogen-bond donors (Lipinski definition) is 1. The van der Waals surface area contributed by atoms with E-state index in [2.05, 4.69) is 44.4 Å². The molecule has 1 heterocycles. The van der Waals surface area contributed by atoms with E-state index in [1.807, 2.05) is 6.07 Å². The van der Waals surface area contributed by atoms with Gasteiger partial charge in [0.2, 0.25) is 0 Å². The van der Waals surface area contributed by atoms with E-state index in [0.717, 1.165) is 13.0 Å².